The summed E-state index contributed by atoms with van der Waals surface area (Å²) in [5.74, 6) is 0.184. The molecule has 0 aliphatic heterocycles. The first kappa shape index (κ1) is 11.9. The Morgan fingerprint density at radius 3 is 2.76 bits per heavy atom. The highest BCUT2D eigenvalue weighted by atomic mass is 19.1. The van der Waals surface area contributed by atoms with Gasteiger partial charge in [0.2, 0.25) is 0 Å². The summed E-state index contributed by atoms with van der Waals surface area (Å²) < 4.78 is 13.4. The number of hydrogen-bond acceptors (Lipinski definition) is 2. The van der Waals surface area contributed by atoms with Crippen molar-refractivity contribution in [1.82, 2.24) is 0 Å². The minimum Gasteiger partial charge on any atom is -0.382 e. The zero-order valence-corrected chi connectivity index (χ0v) is 10.0. The van der Waals surface area contributed by atoms with Gasteiger partial charge in [-0.1, -0.05) is 19.8 Å². The first-order chi connectivity index (χ1) is 8.20. The Hall–Kier alpha value is -1.56. The third-order valence-corrected chi connectivity index (χ3v) is 3.55. The number of rotatable bonds is 2. The Kier molecular flexibility index (Phi) is 3.63. The number of anilines is 1. The summed E-state index contributed by atoms with van der Waals surface area (Å²) in [6.45, 7) is 2.23. The van der Waals surface area contributed by atoms with E-state index in [1.807, 2.05) is 6.07 Å². The molecule has 17 heavy (non-hydrogen) atoms. The van der Waals surface area contributed by atoms with Crippen molar-refractivity contribution in [2.75, 3.05) is 5.32 Å². The molecule has 1 aliphatic carbocycles. The molecule has 0 aromatic heterocycles. The number of nitrogens with one attached hydrogen (secondary N) is 1. The summed E-state index contributed by atoms with van der Waals surface area (Å²) in [5, 5.41) is 12.0. The molecule has 0 bridgehead atoms. The van der Waals surface area contributed by atoms with Gasteiger partial charge in [0.05, 0.1) is 5.56 Å². The topological polar surface area (TPSA) is 35.8 Å². The summed E-state index contributed by atoms with van der Waals surface area (Å²) in [7, 11) is 0. The van der Waals surface area contributed by atoms with Crippen LogP contribution >= 0.6 is 0 Å². The molecule has 0 amide bonds. The van der Waals surface area contributed by atoms with Gasteiger partial charge in [0.1, 0.15) is 11.9 Å². The second-order valence-electron chi connectivity index (χ2n) is 4.82. The monoisotopic (exact) mass is 232 g/mol. The summed E-state index contributed by atoms with van der Waals surface area (Å²) in [6.07, 6.45) is 4.90. The van der Waals surface area contributed by atoms with Crippen LogP contribution in [0.4, 0.5) is 10.1 Å². The van der Waals surface area contributed by atoms with Crippen molar-refractivity contribution < 1.29 is 4.39 Å². The van der Waals surface area contributed by atoms with E-state index in [0.717, 1.165) is 12.1 Å². The Labute approximate surface area is 101 Å². The van der Waals surface area contributed by atoms with Crippen LogP contribution in [-0.2, 0) is 0 Å². The zero-order valence-electron chi connectivity index (χ0n) is 10.0. The lowest BCUT2D eigenvalue weighted by atomic mass is 9.86. The minimum absolute atomic E-state index is 0.104. The molecule has 2 nitrogen and oxygen atoms in total. The van der Waals surface area contributed by atoms with Crippen LogP contribution < -0.4 is 5.32 Å². The van der Waals surface area contributed by atoms with E-state index in [1.54, 1.807) is 6.07 Å². The molecule has 2 rings (SSSR count). The number of benzene rings is 1. The van der Waals surface area contributed by atoms with Gasteiger partial charge < -0.3 is 5.32 Å². The van der Waals surface area contributed by atoms with Crippen LogP contribution in [0.2, 0.25) is 0 Å². The molecule has 1 saturated carbocycles. The Bertz CT molecular complexity index is 436. The fraction of sp³-hybridized carbons (Fsp3) is 0.500. The van der Waals surface area contributed by atoms with Crippen LogP contribution in [0.15, 0.2) is 18.2 Å². The Morgan fingerprint density at radius 2 is 2.12 bits per heavy atom. The van der Waals surface area contributed by atoms with Crippen molar-refractivity contribution in [3.8, 4) is 6.07 Å². The second-order valence-corrected chi connectivity index (χ2v) is 4.82. The number of nitrogens with zero attached hydrogens (tertiary/aromatic N) is 1. The first-order valence-electron chi connectivity index (χ1n) is 6.17. The highest BCUT2D eigenvalue weighted by Crippen LogP contribution is 2.27. The molecule has 3 heteroatoms. The predicted octanol–water partition coefficient (Wildman–Crippen LogP) is 3.69. The van der Waals surface area contributed by atoms with Crippen LogP contribution in [0.3, 0.4) is 0 Å². The fourth-order valence-corrected chi connectivity index (χ4v) is 2.44. The number of halogens is 1. The molecule has 90 valence electrons. The first-order valence-corrected chi connectivity index (χ1v) is 6.17. The second kappa shape index (κ2) is 5.18. The van der Waals surface area contributed by atoms with Gasteiger partial charge in [0.25, 0.3) is 0 Å². The van der Waals surface area contributed by atoms with Crippen molar-refractivity contribution in [3.63, 3.8) is 0 Å². The van der Waals surface area contributed by atoms with Crippen molar-refractivity contribution in [2.24, 2.45) is 5.92 Å². The Morgan fingerprint density at radius 1 is 1.35 bits per heavy atom. The molecule has 2 atom stereocenters. The summed E-state index contributed by atoms with van der Waals surface area (Å²) >= 11 is 0. The molecule has 1 fully saturated rings. The quantitative estimate of drug-likeness (QED) is 0.844. The summed E-state index contributed by atoms with van der Waals surface area (Å²) in [4.78, 5) is 0. The van der Waals surface area contributed by atoms with E-state index in [-0.39, 0.29) is 5.56 Å². The van der Waals surface area contributed by atoms with E-state index in [2.05, 4.69) is 12.2 Å². The molecule has 1 aliphatic rings. The standard InChI is InChI=1S/C14H17FN2/c1-10-4-2-3-5-14(10)17-12-7-6-11(9-16)13(15)8-12/h6-8,10,14,17H,2-5H2,1H3. The molecule has 1 N–H and O–H groups in total. The molecule has 0 spiro atoms. The van der Waals surface area contributed by atoms with Crippen LogP contribution in [0.1, 0.15) is 38.2 Å². The largest absolute Gasteiger partial charge is 0.382 e. The van der Waals surface area contributed by atoms with Crippen LogP contribution in [0.25, 0.3) is 0 Å². The Balaban J connectivity index is 2.08. The highest BCUT2D eigenvalue weighted by molar-refractivity contribution is 5.48. The van der Waals surface area contributed by atoms with Crippen molar-refractivity contribution in [1.29, 1.82) is 5.26 Å². The third kappa shape index (κ3) is 2.76. The molecular formula is C14H17FN2. The van der Waals surface area contributed by atoms with Crippen molar-refractivity contribution in [2.45, 2.75) is 38.6 Å². The van der Waals surface area contributed by atoms with Gasteiger partial charge >= 0.3 is 0 Å². The van der Waals surface area contributed by atoms with E-state index in [1.165, 1.54) is 31.4 Å². The number of hydrogen-bond donors (Lipinski definition) is 1. The van der Waals surface area contributed by atoms with Gasteiger partial charge in [0, 0.05) is 11.7 Å². The van der Waals surface area contributed by atoms with E-state index < -0.39 is 5.82 Å². The maximum atomic E-state index is 13.4. The molecule has 2 unspecified atom stereocenters. The lowest BCUT2D eigenvalue weighted by molar-refractivity contribution is 0.349. The fourth-order valence-electron chi connectivity index (χ4n) is 2.44. The molecule has 0 saturated heterocycles. The summed E-state index contributed by atoms with van der Waals surface area (Å²) in [5.41, 5.74) is 0.882. The highest BCUT2D eigenvalue weighted by Gasteiger charge is 2.21. The average Bonchev–Trinajstić information content (AvgIpc) is 2.32. The van der Waals surface area contributed by atoms with Crippen molar-refractivity contribution >= 4 is 5.69 Å². The van der Waals surface area contributed by atoms with Crippen LogP contribution in [-0.4, -0.2) is 6.04 Å². The van der Waals surface area contributed by atoms with Gasteiger partial charge in [-0.3, -0.25) is 0 Å². The van der Waals surface area contributed by atoms with E-state index in [0.29, 0.717) is 12.0 Å². The van der Waals surface area contributed by atoms with Gasteiger partial charge in [0.15, 0.2) is 0 Å². The van der Waals surface area contributed by atoms with Gasteiger partial charge in [-0.2, -0.15) is 5.26 Å². The van der Waals surface area contributed by atoms with Gasteiger partial charge in [-0.15, -0.1) is 0 Å². The average molecular weight is 232 g/mol. The molecule has 0 radical (unpaired) electrons. The van der Waals surface area contributed by atoms with E-state index in [9.17, 15) is 4.39 Å². The molecular weight excluding hydrogens is 215 g/mol. The normalized spacial score (nSPS) is 24.1. The van der Waals surface area contributed by atoms with E-state index in [4.69, 9.17) is 5.26 Å². The molecule has 1 aromatic rings. The maximum Gasteiger partial charge on any atom is 0.143 e. The van der Waals surface area contributed by atoms with Crippen LogP contribution in [0.5, 0.6) is 0 Å². The van der Waals surface area contributed by atoms with Gasteiger partial charge in [-0.25, -0.2) is 4.39 Å². The number of nitriles is 1. The third-order valence-electron chi connectivity index (χ3n) is 3.55. The minimum atomic E-state index is -0.444. The van der Waals surface area contributed by atoms with E-state index >= 15 is 0 Å². The predicted molar refractivity (Wildman–Crippen MR) is 66.2 cm³/mol. The molecule has 0 heterocycles. The smallest absolute Gasteiger partial charge is 0.143 e. The molecule has 1 aromatic carbocycles. The van der Waals surface area contributed by atoms with Crippen LogP contribution in [0, 0.1) is 23.1 Å². The SMILES string of the molecule is CC1CCCCC1Nc1ccc(C#N)c(F)c1. The van der Waals surface area contributed by atoms with Crippen molar-refractivity contribution in [3.05, 3.63) is 29.6 Å². The van der Waals surface area contributed by atoms with Gasteiger partial charge in [-0.05, 0) is 37.0 Å². The lowest BCUT2D eigenvalue weighted by Gasteiger charge is -2.30. The summed E-state index contributed by atoms with van der Waals surface area (Å²) in [6, 6.07) is 6.99. The lowest BCUT2D eigenvalue weighted by Crippen LogP contribution is -2.30. The zero-order chi connectivity index (χ0) is 12.3. The maximum absolute atomic E-state index is 13.4.